The normalized spacial score (nSPS) is 20.1. The molecule has 1 aliphatic rings. The number of halogens is 2. The third-order valence-electron chi connectivity index (χ3n) is 4.04. The second kappa shape index (κ2) is 7.21. The minimum atomic E-state index is -0.672. The Kier molecular flexibility index (Phi) is 5.19. The number of pyridine rings is 1. The molecule has 0 bridgehead atoms. The lowest BCUT2D eigenvalue weighted by Gasteiger charge is -2.30. The van der Waals surface area contributed by atoms with E-state index in [9.17, 15) is 4.39 Å². The zero-order valence-electron chi connectivity index (χ0n) is 13.8. The van der Waals surface area contributed by atoms with Gasteiger partial charge >= 0.3 is 0 Å². The fourth-order valence-corrected chi connectivity index (χ4v) is 3.99. The van der Waals surface area contributed by atoms with Gasteiger partial charge in [-0.3, -0.25) is 4.99 Å². The molecular weight excluding hydrogens is 407 g/mol. The zero-order chi connectivity index (χ0) is 18.0. The maximum Gasteiger partial charge on any atom is 0.173 e. The van der Waals surface area contributed by atoms with E-state index in [-0.39, 0.29) is 5.82 Å². The summed E-state index contributed by atoms with van der Waals surface area (Å²) in [6, 6.07) is 6.66. The van der Waals surface area contributed by atoms with Gasteiger partial charge in [-0.05, 0) is 53.5 Å². The molecule has 0 spiro atoms. The maximum atomic E-state index is 14.5. The van der Waals surface area contributed by atoms with Crippen molar-refractivity contribution in [2.24, 2.45) is 10.7 Å². The number of thioether (sulfide) groups is 1. The standard InChI is InChI=1S/C17H18BrFN4OS/c1-17(5-6-25-16(20)23-17)12-8-11(3-4-13(12)19)22-15-14(24-2)7-10(18)9-21-15/h3-4,7-9H,5-6H2,1-2H3,(H2,20,23)(H,21,22)/t17-/m0/s1. The summed E-state index contributed by atoms with van der Waals surface area (Å²) in [4.78, 5) is 8.79. The average molecular weight is 425 g/mol. The van der Waals surface area contributed by atoms with Gasteiger partial charge in [-0.15, -0.1) is 0 Å². The molecule has 0 fully saturated rings. The summed E-state index contributed by atoms with van der Waals surface area (Å²) in [5, 5.41) is 3.67. The van der Waals surface area contributed by atoms with E-state index in [1.165, 1.54) is 17.8 Å². The Morgan fingerprint density at radius 2 is 2.20 bits per heavy atom. The molecule has 0 amide bonds. The summed E-state index contributed by atoms with van der Waals surface area (Å²) in [7, 11) is 1.57. The van der Waals surface area contributed by atoms with E-state index in [1.54, 1.807) is 25.4 Å². The van der Waals surface area contributed by atoms with Crippen molar-refractivity contribution in [2.45, 2.75) is 18.9 Å². The summed E-state index contributed by atoms with van der Waals surface area (Å²) in [5.41, 5.74) is 6.40. The predicted octanol–water partition coefficient (Wildman–Crippen LogP) is 4.40. The molecule has 3 rings (SSSR count). The van der Waals surface area contributed by atoms with Gasteiger partial charge in [0.15, 0.2) is 16.7 Å². The fourth-order valence-electron chi connectivity index (χ4n) is 2.70. The lowest BCUT2D eigenvalue weighted by molar-refractivity contribution is 0.415. The lowest BCUT2D eigenvalue weighted by atomic mass is 9.89. The monoisotopic (exact) mass is 424 g/mol. The quantitative estimate of drug-likeness (QED) is 0.760. The molecule has 1 aromatic heterocycles. The Morgan fingerprint density at radius 3 is 2.92 bits per heavy atom. The van der Waals surface area contributed by atoms with Crippen molar-refractivity contribution in [1.29, 1.82) is 0 Å². The molecule has 3 N–H and O–H groups in total. The Hall–Kier alpha value is -1.80. The van der Waals surface area contributed by atoms with Crippen LogP contribution < -0.4 is 15.8 Å². The highest BCUT2D eigenvalue weighted by molar-refractivity contribution is 9.10. The molecule has 0 saturated carbocycles. The lowest BCUT2D eigenvalue weighted by Crippen LogP contribution is -2.29. The Bertz CT molecular complexity index is 832. The molecule has 0 unspecified atom stereocenters. The van der Waals surface area contributed by atoms with Crippen LogP contribution in [-0.2, 0) is 5.54 Å². The number of hydrogen-bond acceptors (Lipinski definition) is 6. The molecule has 0 saturated heterocycles. The Morgan fingerprint density at radius 1 is 1.40 bits per heavy atom. The number of hydrogen-bond donors (Lipinski definition) is 2. The minimum absolute atomic E-state index is 0.299. The molecule has 0 radical (unpaired) electrons. The van der Waals surface area contributed by atoms with Crippen LogP contribution in [0.25, 0.3) is 0 Å². The number of methoxy groups -OCH3 is 1. The van der Waals surface area contributed by atoms with E-state index in [4.69, 9.17) is 10.5 Å². The maximum absolute atomic E-state index is 14.5. The smallest absolute Gasteiger partial charge is 0.173 e. The van der Waals surface area contributed by atoms with Crippen molar-refractivity contribution in [3.8, 4) is 5.75 Å². The third-order valence-corrected chi connectivity index (χ3v) is 5.27. The van der Waals surface area contributed by atoms with Crippen molar-refractivity contribution in [3.63, 3.8) is 0 Å². The second-order valence-electron chi connectivity index (χ2n) is 5.85. The number of nitrogens with zero attached hydrogens (tertiary/aromatic N) is 2. The summed E-state index contributed by atoms with van der Waals surface area (Å²) < 4.78 is 20.6. The Balaban J connectivity index is 1.96. The van der Waals surface area contributed by atoms with Gasteiger partial charge in [0.2, 0.25) is 0 Å². The molecule has 2 heterocycles. The molecule has 5 nitrogen and oxygen atoms in total. The predicted molar refractivity (Wildman–Crippen MR) is 104 cm³/mol. The summed E-state index contributed by atoms with van der Waals surface area (Å²) in [6.45, 7) is 1.90. The van der Waals surface area contributed by atoms with Crippen molar-refractivity contribution in [3.05, 3.63) is 46.3 Å². The molecule has 0 aliphatic carbocycles. The summed E-state index contributed by atoms with van der Waals surface area (Å²) in [5.74, 6) is 1.65. The van der Waals surface area contributed by atoms with Crippen molar-refractivity contribution in [2.75, 3.05) is 18.2 Å². The highest BCUT2D eigenvalue weighted by atomic mass is 79.9. The number of ether oxygens (including phenoxy) is 1. The van der Waals surface area contributed by atoms with Crippen LogP contribution >= 0.6 is 27.7 Å². The molecular formula is C17H18BrFN4OS. The van der Waals surface area contributed by atoms with Crippen LogP contribution in [-0.4, -0.2) is 23.0 Å². The highest BCUT2D eigenvalue weighted by Gasteiger charge is 2.32. The van der Waals surface area contributed by atoms with Gasteiger partial charge in [-0.25, -0.2) is 9.37 Å². The zero-order valence-corrected chi connectivity index (χ0v) is 16.2. The molecule has 1 atom stereocenters. The first kappa shape index (κ1) is 18.0. The van der Waals surface area contributed by atoms with Crippen LogP contribution in [0.15, 0.2) is 39.9 Å². The average Bonchev–Trinajstić information content (AvgIpc) is 2.57. The van der Waals surface area contributed by atoms with Crippen LogP contribution in [0, 0.1) is 5.82 Å². The fraction of sp³-hybridized carbons (Fsp3) is 0.294. The van der Waals surface area contributed by atoms with Gasteiger partial charge in [0, 0.05) is 27.7 Å². The molecule has 25 heavy (non-hydrogen) atoms. The Labute approximate surface area is 158 Å². The first-order valence-corrected chi connectivity index (χ1v) is 9.44. The largest absolute Gasteiger partial charge is 0.493 e. The van der Waals surface area contributed by atoms with E-state index < -0.39 is 5.54 Å². The first-order chi connectivity index (χ1) is 11.9. The number of rotatable bonds is 4. The summed E-state index contributed by atoms with van der Waals surface area (Å²) in [6.07, 6.45) is 2.39. The number of nitrogens with one attached hydrogen (secondary N) is 1. The number of amidine groups is 1. The SMILES string of the molecule is COc1cc(Br)cnc1Nc1ccc(F)c([C@]2(C)CCSC(N)=N2)c1. The molecule has 8 heteroatoms. The van der Waals surface area contributed by atoms with E-state index in [1.807, 2.05) is 13.0 Å². The van der Waals surface area contributed by atoms with Gasteiger partial charge in [-0.1, -0.05) is 11.8 Å². The van der Waals surface area contributed by atoms with Crippen LogP contribution in [0.3, 0.4) is 0 Å². The number of benzene rings is 1. The second-order valence-corrected chi connectivity index (χ2v) is 7.88. The van der Waals surface area contributed by atoms with Crippen LogP contribution in [0.1, 0.15) is 18.9 Å². The van der Waals surface area contributed by atoms with Gasteiger partial charge in [0.05, 0.1) is 12.6 Å². The van der Waals surface area contributed by atoms with E-state index >= 15 is 0 Å². The topological polar surface area (TPSA) is 72.5 Å². The van der Waals surface area contributed by atoms with Gasteiger partial charge < -0.3 is 15.8 Å². The number of aromatic nitrogens is 1. The molecule has 1 aromatic carbocycles. The third kappa shape index (κ3) is 3.90. The minimum Gasteiger partial charge on any atom is -0.493 e. The van der Waals surface area contributed by atoms with Crippen LogP contribution in [0.2, 0.25) is 0 Å². The van der Waals surface area contributed by atoms with E-state index in [0.717, 1.165) is 16.6 Å². The van der Waals surface area contributed by atoms with E-state index in [2.05, 4.69) is 31.2 Å². The van der Waals surface area contributed by atoms with Gasteiger partial charge in [0.1, 0.15) is 5.82 Å². The van der Waals surface area contributed by atoms with E-state index in [0.29, 0.717) is 28.0 Å². The van der Waals surface area contributed by atoms with Crippen molar-refractivity contribution >= 4 is 44.4 Å². The molecule has 2 aromatic rings. The number of anilines is 2. The van der Waals surface area contributed by atoms with Gasteiger partial charge in [-0.2, -0.15) is 0 Å². The highest BCUT2D eigenvalue weighted by Crippen LogP contribution is 2.38. The number of aliphatic imine (C=N–C) groups is 1. The first-order valence-electron chi connectivity index (χ1n) is 7.66. The van der Waals surface area contributed by atoms with Crippen LogP contribution in [0.4, 0.5) is 15.9 Å². The molecule has 132 valence electrons. The summed E-state index contributed by atoms with van der Waals surface area (Å²) >= 11 is 4.85. The van der Waals surface area contributed by atoms with Crippen molar-refractivity contribution in [1.82, 2.24) is 4.98 Å². The van der Waals surface area contributed by atoms with Crippen molar-refractivity contribution < 1.29 is 9.13 Å². The molecule has 1 aliphatic heterocycles. The van der Waals surface area contributed by atoms with Gasteiger partial charge in [0.25, 0.3) is 0 Å². The van der Waals surface area contributed by atoms with Crippen LogP contribution in [0.5, 0.6) is 5.75 Å². The number of nitrogens with two attached hydrogens (primary N) is 1.